The van der Waals surface area contributed by atoms with Crippen LogP contribution in [0.25, 0.3) is 0 Å². The zero-order valence-corrected chi connectivity index (χ0v) is 13.4. The van der Waals surface area contributed by atoms with Gasteiger partial charge in [0.15, 0.2) is 0 Å². The fourth-order valence-electron chi connectivity index (χ4n) is 3.02. The first-order chi connectivity index (χ1) is 10.4. The molecule has 1 aromatic rings. The minimum absolute atomic E-state index is 0.165. The number of amides is 2. The Morgan fingerprint density at radius 3 is 2.27 bits per heavy atom. The van der Waals surface area contributed by atoms with Gasteiger partial charge in [0, 0.05) is 25.6 Å². The monoisotopic (exact) mass is 306 g/mol. The Hall–Kier alpha value is -2.08. The SMILES string of the molecule is COc1c(C)cc(C(=O)N2C[C@@H](OC)C[C@H]2C(N)=O)cc1C. The first kappa shape index (κ1) is 16.3. The fourth-order valence-corrected chi connectivity index (χ4v) is 3.02. The maximum atomic E-state index is 12.7. The largest absolute Gasteiger partial charge is 0.496 e. The van der Waals surface area contributed by atoms with Gasteiger partial charge in [-0.2, -0.15) is 0 Å². The molecule has 2 N–H and O–H groups in total. The number of likely N-dealkylation sites (tertiary alicyclic amines) is 1. The van der Waals surface area contributed by atoms with Gasteiger partial charge in [-0.25, -0.2) is 0 Å². The Morgan fingerprint density at radius 2 is 1.82 bits per heavy atom. The van der Waals surface area contributed by atoms with E-state index < -0.39 is 11.9 Å². The van der Waals surface area contributed by atoms with Crippen molar-refractivity contribution in [2.75, 3.05) is 20.8 Å². The van der Waals surface area contributed by atoms with Crippen molar-refractivity contribution >= 4 is 11.8 Å². The third-order valence-corrected chi connectivity index (χ3v) is 4.10. The summed E-state index contributed by atoms with van der Waals surface area (Å²) in [5.74, 6) is 0.0475. The van der Waals surface area contributed by atoms with Gasteiger partial charge < -0.3 is 20.1 Å². The van der Waals surface area contributed by atoms with E-state index in [4.69, 9.17) is 15.2 Å². The van der Waals surface area contributed by atoms with Gasteiger partial charge in [-0.05, 0) is 37.1 Å². The molecule has 2 amide bonds. The number of primary amides is 1. The van der Waals surface area contributed by atoms with Crippen molar-refractivity contribution in [1.29, 1.82) is 0 Å². The zero-order chi connectivity index (χ0) is 16.4. The predicted molar refractivity (Wildman–Crippen MR) is 81.9 cm³/mol. The summed E-state index contributed by atoms with van der Waals surface area (Å²) in [6, 6.07) is 2.92. The molecule has 0 aliphatic carbocycles. The fraction of sp³-hybridized carbons (Fsp3) is 0.500. The van der Waals surface area contributed by atoms with Crippen molar-refractivity contribution in [2.24, 2.45) is 5.73 Å². The van der Waals surface area contributed by atoms with Gasteiger partial charge >= 0.3 is 0 Å². The molecule has 1 fully saturated rings. The van der Waals surface area contributed by atoms with Gasteiger partial charge in [0.25, 0.3) is 5.91 Å². The molecule has 1 aromatic carbocycles. The number of rotatable bonds is 4. The van der Waals surface area contributed by atoms with Crippen LogP contribution in [0.5, 0.6) is 5.75 Å². The van der Waals surface area contributed by atoms with Crippen molar-refractivity contribution in [1.82, 2.24) is 4.90 Å². The normalized spacial score (nSPS) is 21.0. The Labute approximate surface area is 130 Å². The number of methoxy groups -OCH3 is 2. The number of aryl methyl sites for hydroxylation is 2. The Kier molecular flexibility index (Phi) is 4.71. The number of hydrogen-bond acceptors (Lipinski definition) is 4. The molecule has 2 atom stereocenters. The summed E-state index contributed by atoms with van der Waals surface area (Å²) in [4.78, 5) is 25.8. The maximum Gasteiger partial charge on any atom is 0.254 e. The van der Waals surface area contributed by atoms with Crippen LogP contribution >= 0.6 is 0 Å². The van der Waals surface area contributed by atoms with E-state index >= 15 is 0 Å². The maximum absolute atomic E-state index is 12.7. The number of ether oxygens (including phenoxy) is 2. The van der Waals surface area contributed by atoms with Crippen LogP contribution in [0.2, 0.25) is 0 Å². The molecule has 1 aliphatic rings. The average molecular weight is 306 g/mol. The van der Waals surface area contributed by atoms with Gasteiger partial charge in [0.1, 0.15) is 11.8 Å². The molecule has 6 heteroatoms. The lowest BCUT2D eigenvalue weighted by Crippen LogP contribution is -2.43. The van der Waals surface area contributed by atoms with Crippen molar-refractivity contribution in [3.05, 3.63) is 28.8 Å². The molecule has 0 unspecified atom stereocenters. The molecule has 0 spiro atoms. The van der Waals surface area contributed by atoms with Crippen molar-refractivity contribution in [3.8, 4) is 5.75 Å². The van der Waals surface area contributed by atoms with Crippen LogP contribution in [0.4, 0.5) is 0 Å². The Balaban J connectivity index is 2.32. The molecule has 2 rings (SSSR count). The highest BCUT2D eigenvalue weighted by Gasteiger charge is 2.39. The minimum Gasteiger partial charge on any atom is -0.496 e. The molecule has 22 heavy (non-hydrogen) atoms. The third-order valence-electron chi connectivity index (χ3n) is 4.10. The van der Waals surface area contributed by atoms with Crippen LogP contribution in [-0.2, 0) is 9.53 Å². The molecule has 0 saturated carbocycles. The lowest BCUT2D eigenvalue weighted by atomic mass is 10.0. The van der Waals surface area contributed by atoms with Crippen LogP contribution < -0.4 is 10.5 Å². The lowest BCUT2D eigenvalue weighted by Gasteiger charge is -2.22. The summed E-state index contributed by atoms with van der Waals surface area (Å²) in [5.41, 5.74) is 7.70. The second-order valence-corrected chi connectivity index (χ2v) is 5.61. The van der Waals surface area contributed by atoms with Gasteiger partial charge in [0.2, 0.25) is 5.91 Å². The van der Waals surface area contributed by atoms with E-state index in [1.54, 1.807) is 26.4 Å². The molecule has 1 heterocycles. The number of benzene rings is 1. The predicted octanol–water partition coefficient (Wildman–Crippen LogP) is 1.03. The second-order valence-electron chi connectivity index (χ2n) is 5.61. The summed E-state index contributed by atoms with van der Waals surface area (Å²) in [6.45, 7) is 4.14. The zero-order valence-electron chi connectivity index (χ0n) is 13.4. The number of carbonyl (C=O) groups excluding carboxylic acids is 2. The minimum atomic E-state index is -0.625. The number of hydrogen-bond donors (Lipinski definition) is 1. The van der Waals surface area contributed by atoms with E-state index in [9.17, 15) is 9.59 Å². The number of carbonyl (C=O) groups is 2. The first-order valence-corrected chi connectivity index (χ1v) is 7.17. The average Bonchev–Trinajstić information content (AvgIpc) is 2.90. The molecule has 6 nitrogen and oxygen atoms in total. The summed E-state index contributed by atoms with van der Waals surface area (Å²) >= 11 is 0. The molecule has 0 bridgehead atoms. The van der Waals surface area contributed by atoms with Crippen molar-refractivity contribution in [3.63, 3.8) is 0 Å². The van der Waals surface area contributed by atoms with Crippen LogP contribution in [0.15, 0.2) is 12.1 Å². The molecule has 0 aromatic heterocycles. The second kappa shape index (κ2) is 6.36. The van der Waals surface area contributed by atoms with Gasteiger partial charge in [-0.15, -0.1) is 0 Å². The van der Waals surface area contributed by atoms with Crippen molar-refractivity contribution in [2.45, 2.75) is 32.4 Å². The van der Waals surface area contributed by atoms with Crippen LogP contribution in [0.3, 0.4) is 0 Å². The van der Waals surface area contributed by atoms with Crippen LogP contribution in [-0.4, -0.2) is 49.6 Å². The van der Waals surface area contributed by atoms with Crippen molar-refractivity contribution < 1.29 is 19.1 Å². The molecular formula is C16H22N2O4. The lowest BCUT2D eigenvalue weighted by molar-refractivity contribution is -0.121. The summed E-state index contributed by atoms with van der Waals surface area (Å²) < 4.78 is 10.6. The van der Waals surface area contributed by atoms with E-state index in [1.807, 2.05) is 13.8 Å². The van der Waals surface area contributed by atoms with E-state index in [0.29, 0.717) is 18.5 Å². The highest BCUT2D eigenvalue weighted by molar-refractivity contribution is 5.98. The van der Waals surface area contributed by atoms with E-state index in [2.05, 4.69) is 0 Å². The smallest absolute Gasteiger partial charge is 0.254 e. The Morgan fingerprint density at radius 1 is 1.23 bits per heavy atom. The highest BCUT2D eigenvalue weighted by atomic mass is 16.5. The number of nitrogens with two attached hydrogens (primary N) is 1. The van der Waals surface area contributed by atoms with E-state index in [-0.39, 0.29) is 12.0 Å². The standard InChI is InChI=1S/C16H22N2O4/c1-9-5-11(6-10(2)14(9)22-4)16(20)18-8-12(21-3)7-13(18)15(17)19/h5-6,12-13H,7-8H2,1-4H3,(H2,17,19)/t12-,13-/m0/s1. The summed E-state index contributed by atoms with van der Waals surface area (Å²) in [6.07, 6.45) is 0.271. The highest BCUT2D eigenvalue weighted by Crippen LogP contribution is 2.27. The van der Waals surface area contributed by atoms with E-state index in [1.165, 1.54) is 4.90 Å². The summed E-state index contributed by atoms with van der Waals surface area (Å²) in [7, 11) is 3.17. The van der Waals surface area contributed by atoms with Crippen LogP contribution in [0.1, 0.15) is 27.9 Å². The van der Waals surface area contributed by atoms with Gasteiger partial charge in [0.05, 0.1) is 13.2 Å². The van der Waals surface area contributed by atoms with E-state index in [0.717, 1.165) is 16.9 Å². The van der Waals surface area contributed by atoms with Gasteiger partial charge in [-0.1, -0.05) is 0 Å². The molecular weight excluding hydrogens is 284 g/mol. The van der Waals surface area contributed by atoms with Gasteiger partial charge in [-0.3, -0.25) is 9.59 Å². The summed E-state index contributed by atoms with van der Waals surface area (Å²) in [5, 5.41) is 0. The molecule has 120 valence electrons. The topological polar surface area (TPSA) is 81.9 Å². The molecule has 1 saturated heterocycles. The Bertz CT molecular complexity index is 577. The quantitative estimate of drug-likeness (QED) is 0.900. The first-order valence-electron chi connectivity index (χ1n) is 7.17. The third kappa shape index (κ3) is 2.92. The molecule has 1 aliphatic heterocycles. The van der Waals surface area contributed by atoms with Crippen LogP contribution in [0, 0.1) is 13.8 Å². The molecule has 0 radical (unpaired) electrons. The number of nitrogens with zero attached hydrogens (tertiary/aromatic N) is 1.